The molecule has 17 heavy (non-hydrogen) atoms. The molecule has 2 aromatic heterocycles. The molecule has 0 aromatic carbocycles. The number of imidazole rings is 1. The van der Waals surface area contributed by atoms with Crippen LogP contribution in [0.1, 0.15) is 19.2 Å². The quantitative estimate of drug-likeness (QED) is 0.794. The summed E-state index contributed by atoms with van der Waals surface area (Å²) >= 11 is 17.9. The fraction of sp³-hybridized carbons (Fsp3) is 0.273. The summed E-state index contributed by atoms with van der Waals surface area (Å²) in [5, 5.41) is 1.04. The lowest BCUT2D eigenvalue weighted by Crippen LogP contribution is -2.03. The van der Waals surface area contributed by atoms with Crippen LogP contribution in [-0.4, -0.2) is 14.5 Å². The summed E-state index contributed by atoms with van der Waals surface area (Å²) < 4.78 is 1.83. The van der Waals surface area contributed by atoms with Crippen LogP contribution in [0.25, 0.3) is 5.82 Å². The summed E-state index contributed by atoms with van der Waals surface area (Å²) in [5.74, 6) is 1.46. The Morgan fingerprint density at radius 1 is 1.24 bits per heavy atom. The Kier molecular flexibility index (Phi) is 3.92. The minimum Gasteiger partial charge on any atom is -0.287 e. The van der Waals surface area contributed by atoms with Gasteiger partial charge in [-0.3, -0.25) is 4.57 Å². The molecule has 90 valence electrons. The topological polar surface area (TPSA) is 30.7 Å². The molecule has 0 spiro atoms. The molecule has 3 nitrogen and oxygen atoms in total. The van der Waals surface area contributed by atoms with Gasteiger partial charge in [-0.15, -0.1) is 0 Å². The molecule has 0 radical (unpaired) electrons. The van der Waals surface area contributed by atoms with E-state index in [4.69, 9.17) is 34.8 Å². The second-order valence-electron chi connectivity index (χ2n) is 3.53. The first-order valence-corrected chi connectivity index (χ1v) is 6.31. The van der Waals surface area contributed by atoms with Crippen molar-refractivity contribution in [2.75, 3.05) is 0 Å². The summed E-state index contributed by atoms with van der Waals surface area (Å²) in [5.41, 5.74) is 0. The number of rotatable bonds is 3. The zero-order valence-electron chi connectivity index (χ0n) is 9.12. The van der Waals surface area contributed by atoms with Gasteiger partial charge >= 0.3 is 0 Å². The van der Waals surface area contributed by atoms with E-state index < -0.39 is 0 Å². The maximum absolute atomic E-state index is 6.11. The highest BCUT2D eigenvalue weighted by Crippen LogP contribution is 2.28. The molecule has 0 fully saturated rings. The van der Waals surface area contributed by atoms with Gasteiger partial charge in [0.15, 0.2) is 5.82 Å². The van der Waals surface area contributed by atoms with Gasteiger partial charge in [-0.2, -0.15) is 0 Å². The standard InChI is InChI=1S/C11H10Cl3N3/c1-2-3-9-15-4-5-17(9)11-8(13)6-7(12)10(14)16-11/h4-6H,2-3H2,1H3. The molecule has 0 aliphatic carbocycles. The van der Waals surface area contributed by atoms with Crippen molar-refractivity contribution in [1.29, 1.82) is 0 Å². The van der Waals surface area contributed by atoms with Crippen molar-refractivity contribution in [3.63, 3.8) is 0 Å². The number of hydrogen-bond donors (Lipinski definition) is 0. The van der Waals surface area contributed by atoms with Crippen molar-refractivity contribution < 1.29 is 0 Å². The van der Waals surface area contributed by atoms with E-state index in [-0.39, 0.29) is 5.15 Å². The minimum atomic E-state index is 0.238. The van der Waals surface area contributed by atoms with Gasteiger partial charge in [0.05, 0.1) is 10.0 Å². The number of pyridine rings is 1. The Morgan fingerprint density at radius 3 is 2.71 bits per heavy atom. The number of aryl methyl sites for hydroxylation is 1. The largest absolute Gasteiger partial charge is 0.287 e. The summed E-state index contributed by atoms with van der Waals surface area (Å²) in [6.07, 6.45) is 5.37. The molecule has 0 aliphatic rings. The number of aromatic nitrogens is 3. The molecule has 0 bridgehead atoms. The van der Waals surface area contributed by atoms with Crippen LogP contribution < -0.4 is 0 Å². The van der Waals surface area contributed by atoms with E-state index in [0.717, 1.165) is 18.7 Å². The second kappa shape index (κ2) is 5.25. The zero-order valence-corrected chi connectivity index (χ0v) is 11.4. The van der Waals surface area contributed by atoms with Gasteiger partial charge in [0, 0.05) is 18.8 Å². The molecule has 0 N–H and O–H groups in total. The predicted octanol–water partition coefficient (Wildman–Crippen LogP) is 4.18. The monoisotopic (exact) mass is 289 g/mol. The van der Waals surface area contributed by atoms with Crippen LogP contribution in [0.4, 0.5) is 0 Å². The van der Waals surface area contributed by atoms with E-state index in [1.807, 2.05) is 10.8 Å². The molecule has 2 aromatic rings. The molecule has 0 unspecified atom stereocenters. The van der Waals surface area contributed by atoms with E-state index in [1.165, 1.54) is 0 Å². The lowest BCUT2D eigenvalue weighted by atomic mass is 10.3. The van der Waals surface area contributed by atoms with Crippen LogP contribution in [0, 0.1) is 0 Å². The van der Waals surface area contributed by atoms with Crippen LogP contribution in [0.15, 0.2) is 18.5 Å². The summed E-state index contributed by atoms with van der Waals surface area (Å²) in [6.45, 7) is 2.09. The first kappa shape index (κ1) is 12.7. The molecule has 0 saturated carbocycles. The van der Waals surface area contributed by atoms with Gasteiger partial charge in [-0.1, -0.05) is 41.7 Å². The van der Waals surface area contributed by atoms with Gasteiger partial charge in [-0.25, -0.2) is 9.97 Å². The summed E-state index contributed by atoms with van der Waals surface area (Å²) in [4.78, 5) is 8.45. The number of halogens is 3. The first-order valence-electron chi connectivity index (χ1n) is 5.17. The van der Waals surface area contributed by atoms with Crippen molar-refractivity contribution >= 4 is 34.8 Å². The maximum atomic E-state index is 6.11. The third-order valence-electron chi connectivity index (χ3n) is 2.29. The van der Waals surface area contributed by atoms with Crippen LogP contribution in [0.5, 0.6) is 0 Å². The van der Waals surface area contributed by atoms with Crippen LogP contribution in [0.3, 0.4) is 0 Å². The van der Waals surface area contributed by atoms with Gasteiger partial charge in [0.25, 0.3) is 0 Å². The normalized spacial score (nSPS) is 10.8. The van der Waals surface area contributed by atoms with E-state index >= 15 is 0 Å². The average Bonchev–Trinajstić information content (AvgIpc) is 2.72. The zero-order chi connectivity index (χ0) is 12.4. The Bertz CT molecular complexity index is 537. The molecular weight excluding hydrogens is 281 g/mol. The van der Waals surface area contributed by atoms with E-state index in [0.29, 0.717) is 15.9 Å². The highest BCUT2D eigenvalue weighted by molar-refractivity contribution is 6.42. The van der Waals surface area contributed by atoms with E-state index in [2.05, 4.69) is 16.9 Å². The van der Waals surface area contributed by atoms with Crippen molar-refractivity contribution in [2.24, 2.45) is 0 Å². The highest BCUT2D eigenvalue weighted by Gasteiger charge is 2.12. The fourth-order valence-electron chi connectivity index (χ4n) is 1.54. The first-order chi connectivity index (χ1) is 8.13. The Labute approximate surface area is 114 Å². The fourth-order valence-corrected chi connectivity index (χ4v) is 2.12. The highest BCUT2D eigenvalue weighted by atomic mass is 35.5. The van der Waals surface area contributed by atoms with Gasteiger partial charge < -0.3 is 0 Å². The molecular formula is C11H10Cl3N3. The molecule has 2 rings (SSSR count). The molecule has 0 amide bonds. The van der Waals surface area contributed by atoms with Crippen molar-refractivity contribution in [1.82, 2.24) is 14.5 Å². The molecule has 0 atom stereocenters. The molecule has 6 heteroatoms. The minimum absolute atomic E-state index is 0.238. The van der Waals surface area contributed by atoms with Crippen molar-refractivity contribution in [3.05, 3.63) is 39.5 Å². The Morgan fingerprint density at radius 2 is 2.00 bits per heavy atom. The van der Waals surface area contributed by atoms with E-state index in [1.54, 1.807) is 12.3 Å². The smallest absolute Gasteiger partial charge is 0.158 e. The van der Waals surface area contributed by atoms with Crippen molar-refractivity contribution in [2.45, 2.75) is 19.8 Å². The second-order valence-corrected chi connectivity index (χ2v) is 4.70. The van der Waals surface area contributed by atoms with Crippen molar-refractivity contribution in [3.8, 4) is 5.82 Å². The molecule has 0 saturated heterocycles. The van der Waals surface area contributed by atoms with Gasteiger partial charge in [0.1, 0.15) is 11.0 Å². The summed E-state index contributed by atoms with van der Waals surface area (Å²) in [7, 11) is 0. The molecule has 0 aliphatic heterocycles. The van der Waals surface area contributed by atoms with Gasteiger partial charge in [-0.05, 0) is 12.5 Å². The molecule has 2 heterocycles. The lowest BCUT2D eigenvalue weighted by molar-refractivity contribution is 0.798. The average molecular weight is 291 g/mol. The van der Waals surface area contributed by atoms with Crippen LogP contribution >= 0.6 is 34.8 Å². The SMILES string of the molecule is CCCc1nccn1-c1nc(Cl)c(Cl)cc1Cl. The van der Waals surface area contributed by atoms with E-state index in [9.17, 15) is 0 Å². The van der Waals surface area contributed by atoms with Crippen LogP contribution in [0.2, 0.25) is 15.2 Å². The summed E-state index contributed by atoms with van der Waals surface area (Å²) in [6, 6.07) is 1.59. The maximum Gasteiger partial charge on any atom is 0.158 e. The predicted molar refractivity (Wildman–Crippen MR) is 70.4 cm³/mol. The van der Waals surface area contributed by atoms with Gasteiger partial charge in [0.2, 0.25) is 0 Å². The lowest BCUT2D eigenvalue weighted by Gasteiger charge is -2.09. The Balaban J connectivity index is 2.52. The Hall–Kier alpha value is -0.770. The van der Waals surface area contributed by atoms with Crippen LogP contribution in [-0.2, 0) is 6.42 Å². The number of nitrogens with zero attached hydrogens (tertiary/aromatic N) is 3. The third kappa shape index (κ3) is 2.57. The number of hydrogen-bond acceptors (Lipinski definition) is 2. The third-order valence-corrected chi connectivity index (χ3v) is 3.24.